The van der Waals surface area contributed by atoms with E-state index < -0.39 is 12.1 Å². The molecule has 450 valence electrons. The van der Waals surface area contributed by atoms with Gasteiger partial charge in [0.15, 0.2) is 0 Å². The number of amides is 1. The van der Waals surface area contributed by atoms with Crippen LogP contribution in [0.3, 0.4) is 0 Å². The van der Waals surface area contributed by atoms with Crippen LogP contribution in [0.4, 0.5) is 0 Å². The molecule has 0 saturated heterocycles. The summed E-state index contributed by atoms with van der Waals surface area (Å²) in [6.45, 7) is 4.92. The fourth-order valence-electron chi connectivity index (χ4n) is 10.9. The maximum Gasteiger partial charge on any atom is 0.305 e. The molecule has 0 aliphatic rings. The van der Waals surface area contributed by atoms with Crippen LogP contribution >= 0.6 is 0 Å². The zero-order chi connectivity index (χ0) is 55.0. The number of esters is 1. The molecule has 1 amide bonds. The van der Waals surface area contributed by atoms with E-state index in [9.17, 15) is 19.8 Å². The van der Waals surface area contributed by atoms with Crippen LogP contribution in [0.15, 0.2) is 24.3 Å². The lowest BCUT2D eigenvalue weighted by Gasteiger charge is -2.20. The van der Waals surface area contributed by atoms with Crippen LogP contribution in [0.2, 0.25) is 0 Å². The predicted octanol–water partition coefficient (Wildman–Crippen LogP) is 22.1. The number of hydrogen-bond donors (Lipinski definition) is 3. The average Bonchev–Trinajstić information content (AvgIpc) is 3.42. The summed E-state index contributed by atoms with van der Waals surface area (Å²) in [4.78, 5) is 24.5. The van der Waals surface area contributed by atoms with E-state index >= 15 is 0 Å². The first-order valence-electron chi connectivity index (χ1n) is 34.6. The first kappa shape index (κ1) is 74.3. The third kappa shape index (κ3) is 61.6. The van der Waals surface area contributed by atoms with Crippen LogP contribution in [0.1, 0.15) is 386 Å². The molecular weight excluding hydrogens is 935 g/mol. The largest absolute Gasteiger partial charge is 0.466 e. The minimum absolute atomic E-state index is 0.0115. The zero-order valence-corrected chi connectivity index (χ0v) is 51.5. The maximum absolute atomic E-state index is 12.5. The highest BCUT2D eigenvalue weighted by Gasteiger charge is 2.18. The van der Waals surface area contributed by atoms with Gasteiger partial charge < -0.3 is 20.3 Å². The van der Waals surface area contributed by atoms with Gasteiger partial charge in [0.2, 0.25) is 5.91 Å². The second kappa shape index (κ2) is 65.9. The van der Waals surface area contributed by atoms with Crippen LogP contribution in [-0.2, 0) is 14.3 Å². The summed E-state index contributed by atoms with van der Waals surface area (Å²) in [6, 6.07) is -0.624. The summed E-state index contributed by atoms with van der Waals surface area (Å²) < 4.78 is 5.48. The topological polar surface area (TPSA) is 95.9 Å². The highest BCUT2D eigenvalue weighted by molar-refractivity contribution is 5.76. The molecule has 0 radical (unpaired) electrons. The molecule has 6 heteroatoms. The van der Waals surface area contributed by atoms with Gasteiger partial charge in [-0.15, -0.1) is 0 Å². The highest BCUT2D eigenvalue weighted by atomic mass is 16.5. The number of allylic oxidation sites excluding steroid dienone is 3. The number of rotatable bonds is 65. The number of nitrogens with one attached hydrogen (secondary N) is 1. The monoisotopic (exact) mass is 1070 g/mol. The van der Waals surface area contributed by atoms with E-state index in [1.54, 1.807) is 6.08 Å². The van der Waals surface area contributed by atoms with E-state index in [1.165, 1.54) is 315 Å². The molecule has 0 aliphatic heterocycles. The standard InChI is InChI=1S/C70H135NO5/c1-3-5-7-9-11-13-15-17-35-39-42-46-50-54-58-62-68(73)67(66-72)71-69(74)63-59-55-51-47-43-40-36-33-31-29-27-25-23-21-19-18-20-22-24-26-28-30-32-34-37-41-45-49-53-57-61-65-76-70(75)64-60-56-52-48-44-38-16-14-12-10-8-6-4-2/h14,16,58,62,67-68,72-73H,3-13,15,17-57,59-61,63-66H2,1-2H3,(H,71,74)/b16-14-,62-58+. The molecule has 0 aliphatic carbocycles. The molecule has 0 rings (SSSR count). The Labute approximate surface area is 475 Å². The number of unbranched alkanes of at least 4 members (excludes halogenated alkanes) is 52. The lowest BCUT2D eigenvalue weighted by atomic mass is 10.0. The summed E-state index contributed by atoms with van der Waals surface area (Å²) in [5.74, 6) is -0.0498. The van der Waals surface area contributed by atoms with E-state index in [-0.39, 0.29) is 18.5 Å². The predicted molar refractivity (Wildman–Crippen MR) is 333 cm³/mol. The van der Waals surface area contributed by atoms with Crippen molar-refractivity contribution in [3.05, 3.63) is 24.3 Å². The Morgan fingerprint density at radius 1 is 0.355 bits per heavy atom. The smallest absolute Gasteiger partial charge is 0.305 e. The first-order chi connectivity index (χ1) is 37.5. The van der Waals surface area contributed by atoms with Crippen LogP contribution in [0.5, 0.6) is 0 Å². The Balaban J connectivity index is 3.34. The molecule has 0 aromatic heterocycles. The minimum atomic E-state index is -0.841. The van der Waals surface area contributed by atoms with Crippen molar-refractivity contribution in [2.45, 2.75) is 398 Å². The molecule has 0 aromatic rings. The quantitative estimate of drug-likeness (QED) is 0.0320. The normalized spacial score (nSPS) is 12.6. The Hall–Kier alpha value is -1.66. The lowest BCUT2D eigenvalue weighted by Crippen LogP contribution is -2.45. The van der Waals surface area contributed by atoms with Crippen molar-refractivity contribution in [1.29, 1.82) is 0 Å². The Morgan fingerprint density at radius 2 is 0.618 bits per heavy atom. The van der Waals surface area contributed by atoms with Crippen LogP contribution in [-0.4, -0.2) is 47.4 Å². The molecule has 0 saturated carbocycles. The van der Waals surface area contributed by atoms with E-state index in [0.29, 0.717) is 19.4 Å². The van der Waals surface area contributed by atoms with Crippen molar-refractivity contribution in [3.63, 3.8) is 0 Å². The highest BCUT2D eigenvalue weighted by Crippen LogP contribution is 2.19. The van der Waals surface area contributed by atoms with E-state index in [4.69, 9.17) is 4.74 Å². The summed E-state index contributed by atoms with van der Waals surface area (Å²) in [5, 5.41) is 23.2. The van der Waals surface area contributed by atoms with Gasteiger partial charge in [-0.25, -0.2) is 0 Å². The molecule has 6 nitrogen and oxygen atoms in total. The molecule has 0 heterocycles. The van der Waals surface area contributed by atoms with Gasteiger partial charge in [0.05, 0.1) is 25.4 Å². The van der Waals surface area contributed by atoms with Crippen molar-refractivity contribution in [1.82, 2.24) is 5.32 Å². The third-order valence-electron chi connectivity index (χ3n) is 16.2. The molecule has 0 fully saturated rings. The van der Waals surface area contributed by atoms with Gasteiger partial charge in [0.25, 0.3) is 0 Å². The second-order valence-electron chi connectivity index (χ2n) is 23.9. The Morgan fingerprint density at radius 3 is 0.947 bits per heavy atom. The average molecular weight is 1070 g/mol. The molecule has 3 N–H and O–H groups in total. The Bertz CT molecular complexity index is 1190. The zero-order valence-electron chi connectivity index (χ0n) is 51.5. The lowest BCUT2D eigenvalue weighted by molar-refractivity contribution is -0.143. The Kier molecular flexibility index (Phi) is 64.4. The van der Waals surface area contributed by atoms with Crippen molar-refractivity contribution < 1.29 is 24.5 Å². The van der Waals surface area contributed by atoms with Gasteiger partial charge >= 0.3 is 5.97 Å². The summed E-state index contributed by atoms with van der Waals surface area (Å²) in [7, 11) is 0. The van der Waals surface area contributed by atoms with Crippen LogP contribution in [0.25, 0.3) is 0 Å². The molecule has 0 spiro atoms. The third-order valence-corrected chi connectivity index (χ3v) is 16.2. The number of carbonyl (C=O) groups excluding carboxylic acids is 2. The van der Waals surface area contributed by atoms with Gasteiger partial charge in [-0.2, -0.15) is 0 Å². The molecule has 0 bridgehead atoms. The fraction of sp³-hybridized carbons (Fsp3) is 0.914. The number of ether oxygens (including phenoxy) is 1. The van der Waals surface area contributed by atoms with Crippen molar-refractivity contribution >= 4 is 11.9 Å². The van der Waals surface area contributed by atoms with Crippen molar-refractivity contribution in [2.75, 3.05) is 13.2 Å². The van der Waals surface area contributed by atoms with Gasteiger partial charge in [0, 0.05) is 12.8 Å². The molecule has 2 atom stereocenters. The number of carbonyl (C=O) groups is 2. The van der Waals surface area contributed by atoms with Crippen LogP contribution in [0, 0.1) is 0 Å². The summed E-state index contributed by atoms with van der Waals surface area (Å²) in [6.07, 6.45) is 82.6. The molecule has 2 unspecified atom stereocenters. The fourth-order valence-corrected chi connectivity index (χ4v) is 10.9. The SMILES string of the molecule is CCCCCC/C=C\CCCCCCCC(=O)OCCCCCCCCCCCCCCCCCCCCCCCCCCCCCCCCCC(=O)NC(CO)C(O)/C=C/CCCCCCCCCCCCCCC. The van der Waals surface area contributed by atoms with Crippen LogP contribution < -0.4 is 5.32 Å². The molecule has 76 heavy (non-hydrogen) atoms. The maximum atomic E-state index is 12.5. The summed E-state index contributed by atoms with van der Waals surface area (Å²) >= 11 is 0. The van der Waals surface area contributed by atoms with Gasteiger partial charge in [0.1, 0.15) is 0 Å². The molecular formula is C70H135NO5. The summed E-state index contributed by atoms with van der Waals surface area (Å²) in [5.41, 5.74) is 0. The van der Waals surface area contributed by atoms with E-state index in [2.05, 4.69) is 31.3 Å². The first-order valence-corrected chi connectivity index (χ1v) is 34.6. The van der Waals surface area contributed by atoms with Crippen molar-refractivity contribution in [2.24, 2.45) is 0 Å². The second-order valence-corrected chi connectivity index (χ2v) is 23.9. The number of hydrogen-bond acceptors (Lipinski definition) is 5. The minimum Gasteiger partial charge on any atom is -0.466 e. The number of aliphatic hydroxyl groups is 2. The number of aliphatic hydroxyl groups excluding tert-OH is 2. The van der Waals surface area contributed by atoms with E-state index in [1.807, 2.05) is 6.08 Å². The van der Waals surface area contributed by atoms with Gasteiger partial charge in [-0.3, -0.25) is 9.59 Å². The van der Waals surface area contributed by atoms with Gasteiger partial charge in [-0.05, 0) is 57.8 Å². The van der Waals surface area contributed by atoms with E-state index in [0.717, 1.165) is 44.9 Å². The van der Waals surface area contributed by atoms with Gasteiger partial charge in [-0.1, -0.05) is 340 Å². The van der Waals surface area contributed by atoms with Crippen molar-refractivity contribution in [3.8, 4) is 0 Å². The molecule has 0 aromatic carbocycles.